The van der Waals surface area contributed by atoms with Crippen LogP contribution < -0.4 is 5.32 Å². The Bertz CT molecular complexity index is 685. The second kappa shape index (κ2) is 5.86. The lowest BCUT2D eigenvalue weighted by Crippen LogP contribution is -2.07. The Labute approximate surface area is 119 Å². The molecule has 0 fully saturated rings. The van der Waals surface area contributed by atoms with Crippen LogP contribution >= 0.6 is 0 Å². The molecule has 8 heteroatoms. The third kappa shape index (κ3) is 2.99. The van der Waals surface area contributed by atoms with E-state index in [1.807, 2.05) is 0 Å². The lowest BCUT2D eigenvalue weighted by Gasteiger charge is -2.07. The third-order valence-corrected chi connectivity index (χ3v) is 3.07. The number of anilines is 1. The first-order chi connectivity index (χ1) is 9.93. The fourth-order valence-corrected chi connectivity index (χ4v) is 2.04. The van der Waals surface area contributed by atoms with Crippen molar-refractivity contribution in [2.45, 2.75) is 19.9 Å². The van der Waals surface area contributed by atoms with Crippen molar-refractivity contribution in [1.29, 1.82) is 0 Å². The Morgan fingerprint density at radius 1 is 1.43 bits per heavy atom. The second-order valence-electron chi connectivity index (χ2n) is 4.47. The van der Waals surface area contributed by atoms with Crippen molar-refractivity contribution in [3.05, 3.63) is 51.2 Å². The first kappa shape index (κ1) is 14.9. The smallest absolute Gasteiger partial charge is 0.333 e. The number of hydrogen-bond acceptors (Lipinski definition) is 4. The Morgan fingerprint density at radius 2 is 2.14 bits per heavy atom. The zero-order chi connectivity index (χ0) is 15.6. The van der Waals surface area contributed by atoms with Gasteiger partial charge in [0.05, 0.1) is 4.92 Å². The summed E-state index contributed by atoms with van der Waals surface area (Å²) in [4.78, 5) is 10.6. The first-order valence-corrected chi connectivity index (χ1v) is 6.32. The first-order valence-electron chi connectivity index (χ1n) is 6.32. The summed E-state index contributed by atoms with van der Waals surface area (Å²) in [6.45, 7) is 1.76. The Kier molecular flexibility index (Phi) is 4.15. The highest BCUT2D eigenvalue weighted by atomic mass is 19.1. The summed E-state index contributed by atoms with van der Waals surface area (Å²) in [7, 11) is 1.56. The number of rotatable bonds is 5. The maximum absolute atomic E-state index is 13.5. The highest BCUT2D eigenvalue weighted by Gasteiger charge is 2.25. The van der Waals surface area contributed by atoms with E-state index < -0.39 is 16.6 Å². The van der Waals surface area contributed by atoms with E-state index in [0.717, 1.165) is 12.1 Å². The number of hydrogen-bond donors (Lipinski definition) is 1. The normalized spacial score (nSPS) is 10.7. The third-order valence-electron chi connectivity index (χ3n) is 3.07. The fourth-order valence-electron chi connectivity index (χ4n) is 2.04. The number of aromatic nitrogens is 2. The summed E-state index contributed by atoms with van der Waals surface area (Å²) in [5.74, 6) is -1.18. The number of nitro groups is 1. The summed E-state index contributed by atoms with van der Waals surface area (Å²) < 4.78 is 27.7. The number of nitrogens with zero attached hydrogens (tertiary/aromatic N) is 3. The van der Waals surface area contributed by atoms with Crippen molar-refractivity contribution in [2.75, 3.05) is 5.32 Å². The Hall–Kier alpha value is -2.51. The Morgan fingerprint density at radius 3 is 2.71 bits per heavy atom. The van der Waals surface area contributed by atoms with Crippen LogP contribution in [0.25, 0.3) is 0 Å². The monoisotopic (exact) mass is 296 g/mol. The second-order valence-corrected chi connectivity index (χ2v) is 4.47. The zero-order valence-corrected chi connectivity index (χ0v) is 11.6. The van der Waals surface area contributed by atoms with Crippen molar-refractivity contribution < 1.29 is 13.7 Å². The average Bonchev–Trinajstić information content (AvgIpc) is 2.74. The van der Waals surface area contributed by atoms with Crippen LogP contribution in [-0.2, 0) is 20.0 Å². The van der Waals surface area contributed by atoms with Crippen LogP contribution in [0, 0.1) is 21.7 Å². The molecular weight excluding hydrogens is 282 g/mol. The highest BCUT2D eigenvalue weighted by molar-refractivity contribution is 5.60. The molecule has 1 aromatic heterocycles. The molecule has 0 spiro atoms. The summed E-state index contributed by atoms with van der Waals surface area (Å²) >= 11 is 0. The topological polar surface area (TPSA) is 73.0 Å². The van der Waals surface area contributed by atoms with Crippen molar-refractivity contribution >= 4 is 11.5 Å². The summed E-state index contributed by atoms with van der Waals surface area (Å²) in [6, 6.07) is 3.20. The predicted molar refractivity (Wildman–Crippen MR) is 72.9 cm³/mol. The molecule has 6 nitrogen and oxygen atoms in total. The number of aryl methyl sites for hydroxylation is 2. The molecule has 1 N–H and O–H groups in total. The van der Waals surface area contributed by atoms with Crippen LogP contribution in [0.15, 0.2) is 18.2 Å². The SMILES string of the molecule is CCc1nn(C)c(NCc2ccc(F)cc2F)c1[N+](=O)[O-]. The molecule has 112 valence electrons. The molecule has 0 saturated carbocycles. The van der Waals surface area contributed by atoms with E-state index in [2.05, 4.69) is 10.4 Å². The van der Waals surface area contributed by atoms with Gasteiger partial charge in [-0.25, -0.2) is 13.5 Å². The van der Waals surface area contributed by atoms with E-state index in [-0.39, 0.29) is 23.6 Å². The van der Waals surface area contributed by atoms with Gasteiger partial charge in [-0.1, -0.05) is 13.0 Å². The van der Waals surface area contributed by atoms with E-state index in [0.29, 0.717) is 12.1 Å². The molecule has 2 aromatic rings. The molecule has 0 atom stereocenters. The standard InChI is InChI=1S/C13H14F2N4O2/c1-3-11-12(19(20)21)13(18(2)17-11)16-7-8-4-5-9(14)6-10(8)15/h4-6,16H,3,7H2,1-2H3. The molecule has 0 aliphatic heterocycles. The summed E-state index contributed by atoms with van der Waals surface area (Å²) in [5, 5.41) is 18.0. The molecule has 2 rings (SSSR count). The molecule has 0 bridgehead atoms. The average molecular weight is 296 g/mol. The maximum Gasteiger partial charge on any atom is 0.333 e. The van der Waals surface area contributed by atoms with Crippen LogP contribution in [0.3, 0.4) is 0 Å². The van der Waals surface area contributed by atoms with Gasteiger partial charge >= 0.3 is 5.69 Å². The van der Waals surface area contributed by atoms with Crippen LogP contribution in [-0.4, -0.2) is 14.7 Å². The number of halogens is 2. The van der Waals surface area contributed by atoms with E-state index in [9.17, 15) is 18.9 Å². The van der Waals surface area contributed by atoms with Crippen molar-refractivity contribution in [3.63, 3.8) is 0 Å². The van der Waals surface area contributed by atoms with Gasteiger partial charge in [0.25, 0.3) is 0 Å². The molecule has 0 unspecified atom stereocenters. The van der Waals surface area contributed by atoms with E-state index in [1.54, 1.807) is 14.0 Å². The maximum atomic E-state index is 13.5. The molecule has 21 heavy (non-hydrogen) atoms. The van der Waals surface area contributed by atoms with Crippen molar-refractivity contribution in [2.24, 2.45) is 7.05 Å². The molecule has 0 radical (unpaired) electrons. The number of benzene rings is 1. The Balaban J connectivity index is 2.27. The van der Waals surface area contributed by atoms with E-state index in [4.69, 9.17) is 0 Å². The van der Waals surface area contributed by atoms with Crippen LogP contribution in [0.2, 0.25) is 0 Å². The van der Waals surface area contributed by atoms with E-state index >= 15 is 0 Å². The van der Waals surface area contributed by atoms with Gasteiger partial charge in [0.15, 0.2) is 0 Å². The molecule has 0 aliphatic rings. The van der Waals surface area contributed by atoms with Gasteiger partial charge in [0.2, 0.25) is 5.82 Å². The summed E-state index contributed by atoms with van der Waals surface area (Å²) in [6.07, 6.45) is 0.413. The minimum atomic E-state index is -0.706. The summed E-state index contributed by atoms with van der Waals surface area (Å²) in [5.41, 5.74) is 0.442. The molecular formula is C13H14F2N4O2. The van der Waals surface area contributed by atoms with Crippen LogP contribution in [0.5, 0.6) is 0 Å². The van der Waals surface area contributed by atoms with Gasteiger partial charge in [-0.05, 0) is 12.5 Å². The lowest BCUT2D eigenvalue weighted by molar-refractivity contribution is -0.384. The molecule has 0 amide bonds. The van der Waals surface area contributed by atoms with Gasteiger partial charge in [-0.3, -0.25) is 10.1 Å². The van der Waals surface area contributed by atoms with Gasteiger partial charge < -0.3 is 5.32 Å². The van der Waals surface area contributed by atoms with Gasteiger partial charge in [-0.2, -0.15) is 5.10 Å². The van der Waals surface area contributed by atoms with Crippen molar-refractivity contribution in [1.82, 2.24) is 9.78 Å². The molecule has 1 aromatic carbocycles. The molecule has 0 aliphatic carbocycles. The molecule has 1 heterocycles. The minimum Gasteiger partial charge on any atom is -0.360 e. The minimum absolute atomic E-state index is 0.00432. The van der Waals surface area contributed by atoms with E-state index in [1.165, 1.54) is 10.7 Å². The van der Waals surface area contributed by atoms with Crippen LogP contribution in [0.1, 0.15) is 18.2 Å². The zero-order valence-electron chi connectivity index (χ0n) is 11.6. The highest BCUT2D eigenvalue weighted by Crippen LogP contribution is 2.28. The molecule has 0 saturated heterocycles. The largest absolute Gasteiger partial charge is 0.360 e. The van der Waals surface area contributed by atoms with Crippen molar-refractivity contribution in [3.8, 4) is 0 Å². The van der Waals surface area contributed by atoms with Gasteiger partial charge in [0.1, 0.15) is 17.3 Å². The quantitative estimate of drug-likeness (QED) is 0.680. The predicted octanol–water partition coefficient (Wildman–Crippen LogP) is 2.78. The van der Waals surface area contributed by atoms with Gasteiger partial charge in [0, 0.05) is 25.2 Å². The van der Waals surface area contributed by atoms with Crippen LogP contribution in [0.4, 0.5) is 20.3 Å². The van der Waals surface area contributed by atoms with Gasteiger partial charge in [-0.15, -0.1) is 0 Å². The lowest BCUT2D eigenvalue weighted by atomic mass is 10.2. The number of nitrogens with one attached hydrogen (secondary N) is 1. The fraction of sp³-hybridized carbons (Fsp3) is 0.308.